The Hall–Kier alpha value is -2.46. The normalized spacial score (nSPS) is 44.9. The Bertz CT molecular complexity index is 2610. The van der Waals surface area contributed by atoms with Gasteiger partial charge in [0.15, 0.2) is 44.0 Å². The first-order valence-corrected chi connectivity index (χ1v) is 35.5. The van der Waals surface area contributed by atoms with E-state index >= 15 is 0 Å². The summed E-state index contributed by atoms with van der Waals surface area (Å²) in [5, 5.41) is 239. The minimum absolute atomic E-state index is 0.0645. The highest BCUT2D eigenvalue weighted by Crippen LogP contribution is 2.40. The van der Waals surface area contributed by atoms with Crippen LogP contribution in [0.3, 0.4) is 0 Å². The Morgan fingerprint density at radius 2 is 0.602 bits per heavy atom. The molecule has 42 nitrogen and oxygen atoms in total. The van der Waals surface area contributed by atoms with Gasteiger partial charge in [0.1, 0.15) is 176 Å². The molecule has 21 heterocycles. The number of likely N-dealkylation sites (N-methyl/N-ethyl adjacent to an activating group) is 1. The first-order chi connectivity index (χ1) is 49.0. The molecule has 0 aliphatic carbocycles. The maximum atomic E-state index is 13.0. The zero-order valence-electron chi connectivity index (χ0n) is 55.5. The molecule has 21 aliphatic heterocycles. The van der Waals surface area contributed by atoms with Crippen LogP contribution in [-0.2, 0) is 95.0 Å². The summed E-state index contributed by atoms with van der Waals surface area (Å²) in [6.45, 7) is -3.91. The Balaban J connectivity index is 1.08. The first-order valence-electron chi connectivity index (χ1n) is 33.2. The number of thioether (sulfide) groups is 2. The van der Waals surface area contributed by atoms with E-state index < -0.39 is 290 Å². The Morgan fingerprint density at radius 1 is 0.350 bits per heavy atom. The van der Waals surface area contributed by atoms with Crippen molar-refractivity contribution in [1.82, 2.24) is 5.32 Å². The number of hydrogen-bond acceptors (Lipinski definition) is 42. The monoisotopic (exact) mass is 1540 g/mol. The summed E-state index contributed by atoms with van der Waals surface area (Å²) >= 11 is 1.66. The van der Waals surface area contributed by atoms with E-state index in [1.807, 2.05) is 0 Å². The Labute approximate surface area is 595 Å². The van der Waals surface area contributed by atoms with Crippen molar-refractivity contribution in [2.45, 2.75) is 247 Å². The first kappa shape index (κ1) is 86.1. The van der Waals surface area contributed by atoms with E-state index in [-0.39, 0.29) is 62.3 Å². The molecule has 21 fully saturated rings. The van der Waals surface area contributed by atoms with Crippen LogP contribution in [-0.4, -0.2) is 441 Å². The lowest BCUT2D eigenvalue weighted by Crippen LogP contribution is -2.68. The van der Waals surface area contributed by atoms with Gasteiger partial charge in [-0.2, -0.15) is 23.5 Å². The lowest BCUT2D eigenvalue weighted by Gasteiger charge is -2.50. The number of ketones is 2. The summed E-state index contributed by atoms with van der Waals surface area (Å²) in [5.41, 5.74) is 0. The molecular formula is C59H97NO41S2. The van der Waals surface area contributed by atoms with E-state index in [4.69, 9.17) is 75.8 Å². The zero-order chi connectivity index (χ0) is 75.4. The van der Waals surface area contributed by atoms with Crippen LogP contribution in [0.4, 0.5) is 0 Å². The molecule has 44 heteroatoms. The van der Waals surface area contributed by atoms with Crippen LogP contribution in [0.15, 0.2) is 0 Å². The summed E-state index contributed by atoms with van der Waals surface area (Å²) < 4.78 is 93.3. The van der Waals surface area contributed by atoms with Gasteiger partial charge in [-0.3, -0.25) is 19.2 Å². The number of carboxylic acid groups (broad SMARTS) is 2. The number of aliphatic hydroxyl groups is 19. The predicted molar refractivity (Wildman–Crippen MR) is 332 cm³/mol. The van der Waals surface area contributed by atoms with Crippen LogP contribution < -0.4 is 5.32 Å². The summed E-state index contributed by atoms with van der Waals surface area (Å²) in [4.78, 5) is 48.7. The summed E-state index contributed by atoms with van der Waals surface area (Å²) in [7, 11) is 1.35. The van der Waals surface area contributed by atoms with Crippen LogP contribution in [0.2, 0.25) is 0 Å². The molecule has 0 amide bonds. The second-order valence-corrected chi connectivity index (χ2v) is 27.9. The molecule has 103 heavy (non-hydrogen) atoms. The number of carbonyl (C=O) groups excluding carboxylic acids is 2. The highest BCUT2D eigenvalue weighted by atomic mass is 32.2. The second-order valence-electron chi connectivity index (χ2n) is 25.7. The molecule has 0 aromatic rings. The molecule has 0 aromatic heterocycles. The minimum Gasteiger partial charge on any atom is -0.481 e. The van der Waals surface area contributed by atoms with Gasteiger partial charge in [-0.25, -0.2) is 0 Å². The van der Waals surface area contributed by atoms with E-state index in [1.165, 1.54) is 14.0 Å². The molecule has 0 radical (unpaired) electrons. The van der Waals surface area contributed by atoms with Crippen molar-refractivity contribution >= 4 is 47.0 Å². The van der Waals surface area contributed by atoms with E-state index in [0.29, 0.717) is 0 Å². The number of ether oxygens (including phenoxy) is 16. The number of Topliss-reactive ketones (excluding diaryl/α,β-unsaturated/α-hetero) is 2. The van der Waals surface area contributed by atoms with E-state index in [9.17, 15) is 126 Å². The van der Waals surface area contributed by atoms with Gasteiger partial charge in [0, 0.05) is 42.3 Å². The van der Waals surface area contributed by atoms with Crippen LogP contribution in [0, 0.1) is 5.92 Å². The third-order valence-corrected chi connectivity index (χ3v) is 20.9. The molecule has 14 unspecified atom stereocenters. The number of carboxylic acids is 2. The number of nitrogens with one attached hydrogen (secondary N) is 1. The molecule has 22 N–H and O–H groups in total. The molecule has 596 valence electrons. The van der Waals surface area contributed by atoms with Gasteiger partial charge in [0.2, 0.25) is 0 Å². The molecule has 0 aromatic carbocycles. The summed E-state index contributed by atoms with van der Waals surface area (Å²) in [6.07, 6.45) is -73.1. The molecule has 37 atom stereocenters. The van der Waals surface area contributed by atoms with Gasteiger partial charge in [-0.15, -0.1) is 0 Å². The maximum Gasteiger partial charge on any atom is 0.321 e. The van der Waals surface area contributed by atoms with Gasteiger partial charge in [-0.1, -0.05) is 0 Å². The van der Waals surface area contributed by atoms with Gasteiger partial charge < -0.3 is 188 Å². The Morgan fingerprint density at radius 3 is 0.845 bits per heavy atom. The predicted octanol–water partition coefficient (Wildman–Crippen LogP) is -13.0. The Kier molecular flexibility index (Phi) is 33.4. The van der Waals surface area contributed by atoms with Crippen molar-refractivity contribution in [3.63, 3.8) is 0 Å². The fourth-order valence-electron chi connectivity index (χ4n) is 12.6. The van der Waals surface area contributed by atoms with Crippen molar-refractivity contribution in [2.24, 2.45) is 5.92 Å². The van der Waals surface area contributed by atoms with Crippen molar-refractivity contribution in [2.75, 3.05) is 89.5 Å². The average molecular weight is 1540 g/mol. The van der Waals surface area contributed by atoms with Crippen LogP contribution in [0.25, 0.3) is 0 Å². The van der Waals surface area contributed by atoms with Crippen LogP contribution in [0.1, 0.15) is 26.2 Å². The zero-order valence-corrected chi connectivity index (χ0v) is 57.2. The largest absolute Gasteiger partial charge is 0.481 e. The van der Waals surface area contributed by atoms with Gasteiger partial charge in [0.05, 0.1) is 77.6 Å². The third kappa shape index (κ3) is 21.0. The molecule has 21 rings (SSSR count). The number of rotatable bonds is 27. The quantitative estimate of drug-likeness (QED) is 0.0340. The van der Waals surface area contributed by atoms with Crippen LogP contribution >= 0.6 is 23.5 Å². The fraction of sp³-hybridized carbons (Fsp3) is 0.932. The molecular weight excluding hydrogens is 1440 g/mol. The SMILES string of the molecule is CN[C@H](CSCC1O[C@H]2O[C@@H]3C(CO)O[C@H](O[C@@H]4C(CO)O[C@H](O[C@@H]5C(CO)O[C@H](O[C@@H]6C(CSC[C@@H](CC(=O)CCOCCOCCC(C)=O)C(=O)O)O[C@H](O[C@H]7C(CO)OC(O[C@@H]8C(CO)O[C@@H](O[C@H]1[C@H](O)C2O)C(O)[C@H]8O)[C@@H](O)[C@H]7O)C(O)[C@H]6O)C(O)[C@H]5O)C(O)[C@H]4O)C(O)[C@H]3O)C(=O)O. The van der Waals surface area contributed by atoms with Crippen molar-refractivity contribution in [3.8, 4) is 0 Å². The van der Waals surface area contributed by atoms with Crippen molar-refractivity contribution < 1.29 is 202 Å². The molecule has 0 spiro atoms. The van der Waals surface area contributed by atoms with Gasteiger partial charge in [0.25, 0.3) is 0 Å². The molecule has 21 aliphatic rings. The minimum atomic E-state index is -2.31. The second kappa shape index (κ2) is 40.0. The van der Waals surface area contributed by atoms with Crippen molar-refractivity contribution in [1.29, 1.82) is 0 Å². The number of carbonyl (C=O) groups is 4. The number of hydrogen-bond donors (Lipinski definition) is 22. The lowest BCUT2D eigenvalue weighted by molar-refractivity contribution is -0.395. The number of aliphatic hydroxyl groups excluding tert-OH is 19. The standard InChI is InChI=1S/C59H97NO41S2/c1-19(66)3-5-86-7-8-87-6-4-21(67)9-20(51(82)83)15-102-17-28-49-35(73)42(80)58(93-28)98-47-26(13-64)89-55(38(76)31(47)69)97-46-25(12-63)92-57(41(79)34(46)72)101-50-29(18-103-16-22(60-2)52(84)85)94-59(43(81)36(50)74)99-48-27(14-65)90-54(39(77)32(48)70)95-44-23(10-61)88-53(37(75)30(44)68)96-45-24(11-62)91-56(100-49)40(78)33(45)71/h20,22-50,53-65,68-81H,3-18H2,1-2H3,(H,82,83)(H,84,85)/t20-,22-,23?,24?,25?,26?,27?,28?,29?,30-,31-,32-,33-,34-,35-,36-,37?,38+,39?,40?,41?,42?,43?,44-,45-,46-,47+,48-,49-,50-,53-,54-,55?,56-,57+,58-,59+/m1/s1. The smallest absolute Gasteiger partial charge is 0.321 e. The van der Waals surface area contributed by atoms with Gasteiger partial charge >= 0.3 is 11.9 Å². The van der Waals surface area contributed by atoms with Crippen LogP contribution in [0.5, 0.6) is 0 Å². The highest BCUT2D eigenvalue weighted by Gasteiger charge is 2.60. The van der Waals surface area contributed by atoms with E-state index in [0.717, 1.165) is 23.5 Å². The molecule has 0 saturated carbocycles. The average Bonchev–Trinajstić information content (AvgIpc) is 0.785. The van der Waals surface area contributed by atoms with Gasteiger partial charge in [-0.05, 0) is 14.0 Å². The highest BCUT2D eigenvalue weighted by molar-refractivity contribution is 7.99. The topological polar surface area (TPSA) is 653 Å². The van der Waals surface area contributed by atoms with E-state index in [2.05, 4.69) is 5.32 Å². The summed E-state index contributed by atoms with van der Waals surface area (Å²) in [6, 6.07) is -1.18. The maximum absolute atomic E-state index is 13.0. The van der Waals surface area contributed by atoms with E-state index in [1.54, 1.807) is 0 Å². The fourth-order valence-corrected chi connectivity index (χ4v) is 15.0. The van der Waals surface area contributed by atoms with Crippen molar-refractivity contribution in [3.05, 3.63) is 0 Å². The third-order valence-electron chi connectivity index (χ3n) is 18.6. The molecule has 14 bridgehead atoms. The number of aliphatic carboxylic acids is 2. The lowest BCUT2D eigenvalue weighted by atomic mass is 9.95. The molecule has 21 saturated heterocycles. The summed E-state index contributed by atoms with van der Waals surface area (Å²) in [5.74, 6) is -6.08.